The molecule has 0 unspecified atom stereocenters. The maximum absolute atomic E-state index is 12.7. The molecule has 0 bridgehead atoms. The summed E-state index contributed by atoms with van der Waals surface area (Å²) in [6, 6.07) is 16.3. The molecule has 8 heteroatoms. The maximum Gasteiger partial charge on any atom is 0.237 e. The molecular formula is C23H27N3O4S. The number of nitriles is 1. The smallest absolute Gasteiger partial charge is 0.237 e. The van der Waals surface area contributed by atoms with Gasteiger partial charge in [0.15, 0.2) is 9.84 Å². The highest BCUT2D eigenvalue weighted by atomic mass is 32.2. The molecule has 31 heavy (non-hydrogen) atoms. The van der Waals surface area contributed by atoms with Crippen LogP contribution in [0.2, 0.25) is 0 Å². The average Bonchev–Trinajstić information content (AvgIpc) is 3.00. The van der Waals surface area contributed by atoms with Crippen molar-refractivity contribution in [3.05, 3.63) is 65.2 Å². The number of ether oxygens (including phenoxy) is 1. The van der Waals surface area contributed by atoms with Gasteiger partial charge in [-0.25, -0.2) is 8.42 Å². The van der Waals surface area contributed by atoms with Gasteiger partial charge in [0.2, 0.25) is 5.91 Å². The van der Waals surface area contributed by atoms with Crippen LogP contribution in [0.5, 0.6) is 5.75 Å². The molecule has 0 saturated carbocycles. The van der Waals surface area contributed by atoms with Gasteiger partial charge >= 0.3 is 0 Å². The number of hydrogen-bond acceptors (Lipinski definition) is 6. The van der Waals surface area contributed by atoms with Crippen molar-refractivity contribution in [1.82, 2.24) is 9.80 Å². The van der Waals surface area contributed by atoms with Gasteiger partial charge in [-0.1, -0.05) is 24.3 Å². The largest absolute Gasteiger partial charge is 0.497 e. The predicted molar refractivity (Wildman–Crippen MR) is 118 cm³/mol. The van der Waals surface area contributed by atoms with Crippen LogP contribution in [-0.4, -0.2) is 63.2 Å². The first-order chi connectivity index (χ1) is 14.9. The molecule has 0 atom stereocenters. The van der Waals surface area contributed by atoms with Crippen LogP contribution in [0.15, 0.2) is 48.5 Å². The molecular weight excluding hydrogens is 414 g/mol. The number of nitrogens with zero attached hydrogens (tertiary/aromatic N) is 3. The monoisotopic (exact) mass is 441 g/mol. The highest BCUT2D eigenvalue weighted by Gasteiger charge is 2.24. The zero-order chi connectivity index (χ0) is 22.3. The Bertz CT molecular complexity index is 1030. The first-order valence-electron chi connectivity index (χ1n) is 10.2. The summed E-state index contributed by atoms with van der Waals surface area (Å²) in [5.74, 6) is -0.230. The van der Waals surface area contributed by atoms with Crippen LogP contribution in [-0.2, 0) is 26.9 Å². The van der Waals surface area contributed by atoms with Gasteiger partial charge in [-0.3, -0.25) is 9.69 Å². The second-order valence-corrected chi connectivity index (χ2v) is 9.76. The van der Waals surface area contributed by atoms with Crippen molar-refractivity contribution in [2.75, 3.05) is 39.0 Å². The van der Waals surface area contributed by atoms with E-state index >= 15 is 0 Å². The number of sulfone groups is 1. The van der Waals surface area contributed by atoms with Crippen LogP contribution in [0.3, 0.4) is 0 Å². The fourth-order valence-corrected chi connectivity index (χ4v) is 4.99. The lowest BCUT2D eigenvalue weighted by Crippen LogP contribution is -2.38. The Morgan fingerprint density at radius 2 is 1.68 bits per heavy atom. The summed E-state index contributed by atoms with van der Waals surface area (Å²) in [6.07, 6.45) is 0.803. The van der Waals surface area contributed by atoms with Crippen LogP contribution in [0.1, 0.15) is 23.1 Å². The summed E-state index contributed by atoms with van der Waals surface area (Å²) >= 11 is 0. The van der Waals surface area contributed by atoms with Gasteiger partial charge in [0.05, 0.1) is 24.5 Å². The standard InChI is InChI=1S/C23H27N3O4S/c1-30-22-9-7-20(8-10-22)16-25-11-2-12-26(14-13-25)23(27)18-31(28,29)17-21-5-3-19(15-24)4-6-21/h3-10H,2,11-14,16-18H2,1H3. The Morgan fingerprint density at radius 3 is 2.32 bits per heavy atom. The Labute approximate surface area is 183 Å². The molecule has 2 aromatic rings. The minimum Gasteiger partial charge on any atom is -0.497 e. The SMILES string of the molecule is COc1ccc(CN2CCCN(C(=O)CS(=O)(=O)Cc3ccc(C#N)cc3)CC2)cc1. The van der Waals surface area contributed by atoms with E-state index < -0.39 is 15.6 Å². The third-order valence-electron chi connectivity index (χ3n) is 5.32. The van der Waals surface area contributed by atoms with E-state index in [-0.39, 0.29) is 11.7 Å². The average molecular weight is 442 g/mol. The van der Waals surface area contributed by atoms with E-state index in [1.807, 2.05) is 30.3 Å². The molecule has 1 aliphatic rings. The number of benzene rings is 2. The molecule has 0 aromatic heterocycles. The van der Waals surface area contributed by atoms with Gasteiger partial charge in [0.25, 0.3) is 0 Å². The van der Waals surface area contributed by atoms with Gasteiger partial charge in [-0.2, -0.15) is 5.26 Å². The van der Waals surface area contributed by atoms with E-state index in [0.29, 0.717) is 30.8 Å². The van der Waals surface area contributed by atoms with Crippen molar-refractivity contribution in [3.8, 4) is 11.8 Å². The first kappa shape index (κ1) is 22.8. The zero-order valence-corrected chi connectivity index (χ0v) is 18.5. The summed E-state index contributed by atoms with van der Waals surface area (Å²) < 4.78 is 30.2. The van der Waals surface area contributed by atoms with Crippen LogP contribution < -0.4 is 4.74 Å². The molecule has 3 rings (SSSR count). The molecule has 1 fully saturated rings. The van der Waals surface area contributed by atoms with E-state index in [2.05, 4.69) is 4.90 Å². The Morgan fingerprint density at radius 1 is 1.00 bits per heavy atom. The Kier molecular flexibility index (Phi) is 7.66. The van der Waals surface area contributed by atoms with Gasteiger partial charge in [0, 0.05) is 32.7 Å². The van der Waals surface area contributed by atoms with Gasteiger partial charge in [-0.05, 0) is 41.8 Å². The molecule has 0 aliphatic carbocycles. The number of carbonyl (C=O) groups is 1. The number of amides is 1. The molecule has 0 N–H and O–H groups in total. The molecule has 0 spiro atoms. The summed E-state index contributed by atoms with van der Waals surface area (Å²) in [4.78, 5) is 16.6. The topological polar surface area (TPSA) is 90.7 Å². The summed E-state index contributed by atoms with van der Waals surface area (Å²) in [5.41, 5.74) is 2.22. The van der Waals surface area contributed by atoms with Crippen LogP contribution >= 0.6 is 0 Å². The van der Waals surface area contributed by atoms with E-state index in [1.54, 1.807) is 36.3 Å². The van der Waals surface area contributed by atoms with E-state index in [4.69, 9.17) is 10.00 Å². The van der Waals surface area contributed by atoms with Crippen molar-refractivity contribution in [2.45, 2.75) is 18.7 Å². The normalized spacial score (nSPS) is 15.2. The van der Waals surface area contributed by atoms with E-state index in [0.717, 1.165) is 25.3 Å². The lowest BCUT2D eigenvalue weighted by Gasteiger charge is -2.22. The third-order valence-corrected chi connectivity index (χ3v) is 6.78. The predicted octanol–water partition coefficient (Wildman–Crippen LogP) is 2.22. The number of hydrogen-bond donors (Lipinski definition) is 0. The molecule has 1 saturated heterocycles. The van der Waals surface area contributed by atoms with Crippen LogP contribution in [0.25, 0.3) is 0 Å². The molecule has 1 aliphatic heterocycles. The molecule has 1 amide bonds. The zero-order valence-electron chi connectivity index (χ0n) is 17.7. The lowest BCUT2D eigenvalue weighted by atomic mass is 10.2. The highest BCUT2D eigenvalue weighted by molar-refractivity contribution is 7.91. The summed E-state index contributed by atoms with van der Waals surface area (Å²) in [5, 5.41) is 8.84. The van der Waals surface area contributed by atoms with Gasteiger partial charge < -0.3 is 9.64 Å². The van der Waals surface area contributed by atoms with Crippen LogP contribution in [0.4, 0.5) is 0 Å². The quantitative estimate of drug-likeness (QED) is 0.654. The second kappa shape index (κ2) is 10.4. The van der Waals surface area contributed by atoms with Crippen molar-refractivity contribution < 1.29 is 17.9 Å². The fraction of sp³-hybridized carbons (Fsp3) is 0.391. The lowest BCUT2D eigenvalue weighted by molar-refractivity contribution is -0.128. The number of carbonyl (C=O) groups excluding carboxylic acids is 1. The third kappa shape index (κ3) is 6.81. The maximum atomic E-state index is 12.7. The van der Waals surface area contributed by atoms with Crippen molar-refractivity contribution in [3.63, 3.8) is 0 Å². The fourth-order valence-electron chi connectivity index (χ4n) is 3.63. The minimum absolute atomic E-state index is 0.206. The summed E-state index contributed by atoms with van der Waals surface area (Å²) in [7, 11) is -1.94. The first-order valence-corrected chi connectivity index (χ1v) is 12.0. The van der Waals surface area contributed by atoms with Gasteiger partial charge in [0.1, 0.15) is 11.5 Å². The van der Waals surface area contributed by atoms with Crippen molar-refractivity contribution in [2.24, 2.45) is 0 Å². The van der Waals surface area contributed by atoms with Crippen molar-refractivity contribution in [1.29, 1.82) is 5.26 Å². The molecule has 7 nitrogen and oxygen atoms in total. The van der Waals surface area contributed by atoms with Crippen molar-refractivity contribution >= 4 is 15.7 Å². The Balaban J connectivity index is 1.52. The number of methoxy groups -OCH3 is 1. The van der Waals surface area contributed by atoms with Crippen LogP contribution in [0, 0.1) is 11.3 Å². The molecule has 164 valence electrons. The molecule has 2 aromatic carbocycles. The molecule has 1 heterocycles. The highest BCUT2D eigenvalue weighted by Crippen LogP contribution is 2.15. The minimum atomic E-state index is -3.58. The second-order valence-electron chi connectivity index (χ2n) is 7.70. The summed E-state index contributed by atoms with van der Waals surface area (Å²) in [6.45, 7) is 3.41. The van der Waals surface area contributed by atoms with E-state index in [9.17, 15) is 13.2 Å². The number of rotatable bonds is 7. The molecule has 0 radical (unpaired) electrons. The van der Waals surface area contributed by atoms with Gasteiger partial charge in [-0.15, -0.1) is 0 Å². The van der Waals surface area contributed by atoms with E-state index in [1.165, 1.54) is 5.56 Å². The Hall–Kier alpha value is -2.89.